The average Bonchev–Trinajstić information content (AvgIpc) is 2.37. The van der Waals surface area contributed by atoms with Gasteiger partial charge in [-0.3, -0.25) is 0 Å². The number of fused-ring (bicyclic) bond motifs is 1. The first-order chi connectivity index (χ1) is 9.13. The van der Waals surface area contributed by atoms with Gasteiger partial charge in [0.05, 0.1) is 4.47 Å². The molecule has 0 amide bonds. The minimum Gasteiger partial charge on any atom is -0.486 e. The number of nitrogens with zero attached hydrogens (tertiary/aromatic N) is 2. The summed E-state index contributed by atoms with van der Waals surface area (Å²) in [6.45, 7) is 1.05. The second-order valence-corrected chi connectivity index (χ2v) is 5.45. The maximum absolute atomic E-state index is 5.88. The van der Waals surface area contributed by atoms with Gasteiger partial charge in [0.25, 0.3) is 0 Å². The highest BCUT2D eigenvalue weighted by Crippen LogP contribution is 2.40. The van der Waals surface area contributed by atoms with Gasteiger partial charge in [-0.1, -0.05) is 23.2 Å². The maximum atomic E-state index is 5.88. The smallest absolute Gasteiger partial charge is 0.175 e. The molecule has 0 saturated heterocycles. The minimum absolute atomic E-state index is 0.293. The van der Waals surface area contributed by atoms with E-state index in [9.17, 15) is 0 Å². The Hall–Kier alpha value is -1.04. The summed E-state index contributed by atoms with van der Waals surface area (Å²) in [5.74, 6) is 1.77. The van der Waals surface area contributed by atoms with Crippen molar-refractivity contribution < 1.29 is 9.47 Å². The van der Waals surface area contributed by atoms with Crippen LogP contribution in [0.15, 0.2) is 22.7 Å². The molecule has 0 unspecified atom stereocenters. The molecule has 0 radical (unpaired) electrons. The van der Waals surface area contributed by atoms with E-state index < -0.39 is 0 Å². The van der Waals surface area contributed by atoms with Crippen LogP contribution in [0.3, 0.4) is 0 Å². The van der Waals surface area contributed by atoms with E-state index in [1.54, 1.807) is 6.07 Å². The average molecular weight is 362 g/mol. The Morgan fingerprint density at radius 2 is 1.68 bits per heavy atom. The SMILES string of the molecule is Clc1cc(Cl)nc(-c2cc(Br)c3c(c2)OCCO3)n1. The summed E-state index contributed by atoms with van der Waals surface area (Å²) < 4.78 is 11.9. The first-order valence-corrected chi connectivity index (χ1v) is 6.98. The summed E-state index contributed by atoms with van der Waals surface area (Å²) in [6, 6.07) is 5.14. The van der Waals surface area contributed by atoms with Crippen LogP contribution in [0.5, 0.6) is 11.5 Å². The van der Waals surface area contributed by atoms with Crippen molar-refractivity contribution in [3.05, 3.63) is 33.0 Å². The summed E-state index contributed by atoms with van der Waals surface area (Å²) in [5, 5.41) is 0.585. The Morgan fingerprint density at radius 1 is 1.00 bits per heavy atom. The van der Waals surface area contributed by atoms with Crippen LogP contribution in [-0.4, -0.2) is 23.2 Å². The van der Waals surface area contributed by atoms with Crippen LogP contribution in [0.1, 0.15) is 0 Å². The molecule has 2 aromatic rings. The van der Waals surface area contributed by atoms with Crippen LogP contribution in [-0.2, 0) is 0 Å². The molecule has 0 bridgehead atoms. The van der Waals surface area contributed by atoms with Crippen LogP contribution in [0.2, 0.25) is 10.3 Å². The number of ether oxygens (including phenoxy) is 2. The van der Waals surface area contributed by atoms with Gasteiger partial charge < -0.3 is 9.47 Å². The zero-order valence-electron chi connectivity index (χ0n) is 9.49. The summed E-state index contributed by atoms with van der Waals surface area (Å²) in [5.41, 5.74) is 0.750. The summed E-state index contributed by atoms with van der Waals surface area (Å²) in [6.07, 6.45) is 0. The van der Waals surface area contributed by atoms with E-state index in [0.717, 1.165) is 10.0 Å². The third-order valence-electron chi connectivity index (χ3n) is 2.52. The van der Waals surface area contributed by atoms with Gasteiger partial charge in [0.1, 0.15) is 23.5 Å². The fourth-order valence-corrected chi connectivity index (χ4v) is 2.74. The number of aromatic nitrogens is 2. The molecular formula is C12H7BrCl2N2O2. The van der Waals surface area contributed by atoms with Crippen LogP contribution < -0.4 is 9.47 Å². The Kier molecular flexibility index (Phi) is 3.52. The van der Waals surface area contributed by atoms with Crippen LogP contribution in [0, 0.1) is 0 Å². The lowest BCUT2D eigenvalue weighted by Crippen LogP contribution is -2.15. The van der Waals surface area contributed by atoms with Gasteiger partial charge in [0, 0.05) is 11.6 Å². The molecule has 0 fully saturated rings. The van der Waals surface area contributed by atoms with Crippen LogP contribution >= 0.6 is 39.1 Å². The number of hydrogen-bond donors (Lipinski definition) is 0. The van der Waals surface area contributed by atoms with E-state index >= 15 is 0 Å². The van der Waals surface area contributed by atoms with Crippen molar-refractivity contribution >= 4 is 39.1 Å². The van der Waals surface area contributed by atoms with Crippen molar-refractivity contribution in [2.24, 2.45) is 0 Å². The normalized spacial score (nSPS) is 13.4. The molecule has 7 heteroatoms. The first kappa shape index (κ1) is 13.0. The molecule has 0 saturated carbocycles. The number of benzene rings is 1. The maximum Gasteiger partial charge on any atom is 0.175 e. The molecule has 0 spiro atoms. The first-order valence-electron chi connectivity index (χ1n) is 5.43. The lowest BCUT2D eigenvalue weighted by molar-refractivity contribution is 0.170. The topological polar surface area (TPSA) is 44.2 Å². The fourth-order valence-electron chi connectivity index (χ4n) is 1.76. The third kappa shape index (κ3) is 2.63. The molecule has 2 heterocycles. The molecule has 1 aliphatic rings. The summed E-state index contributed by atoms with van der Waals surface area (Å²) in [4.78, 5) is 8.29. The van der Waals surface area contributed by atoms with Crippen molar-refractivity contribution in [2.45, 2.75) is 0 Å². The van der Waals surface area contributed by atoms with E-state index in [1.807, 2.05) is 6.07 Å². The molecule has 4 nitrogen and oxygen atoms in total. The number of hydrogen-bond acceptors (Lipinski definition) is 4. The molecular weight excluding hydrogens is 355 g/mol. The lowest BCUT2D eigenvalue weighted by Gasteiger charge is -2.20. The Bertz CT molecular complexity index is 632. The van der Waals surface area contributed by atoms with E-state index in [-0.39, 0.29) is 0 Å². The predicted octanol–water partition coefficient (Wildman–Crippen LogP) is 3.98. The van der Waals surface area contributed by atoms with Gasteiger partial charge >= 0.3 is 0 Å². The molecule has 0 atom stereocenters. The minimum atomic E-state index is 0.293. The fraction of sp³-hybridized carbons (Fsp3) is 0.167. The predicted molar refractivity (Wildman–Crippen MR) is 76.2 cm³/mol. The standard InChI is InChI=1S/C12H7BrCl2N2O2/c13-7-3-6(4-8-11(7)19-2-1-18-8)12-16-9(14)5-10(15)17-12/h3-5H,1-2H2. The molecule has 0 aliphatic carbocycles. The number of halogens is 3. The zero-order chi connectivity index (χ0) is 13.4. The highest BCUT2D eigenvalue weighted by atomic mass is 79.9. The molecule has 98 valence electrons. The van der Waals surface area contributed by atoms with E-state index in [1.165, 1.54) is 6.07 Å². The molecule has 1 aromatic heterocycles. The van der Waals surface area contributed by atoms with Gasteiger partial charge in [0.15, 0.2) is 17.3 Å². The van der Waals surface area contributed by atoms with Gasteiger partial charge in [-0.2, -0.15) is 0 Å². The highest BCUT2D eigenvalue weighted by molar-refractivity contribution is 9.10. The quantitative estimate of drug-likeness (QED) is 0.720. The van der Waals surface area contributed by atoms with Gasteiger partial charge in [-0.25, -0.2) is 9.97 Å². The second kappa shape index (κ2) is 5.15. The van der Waals surface area contributed by atoms with Crippen molar-refractivity contribution in [1.82, 2.24) is 9.97 Å². The second-order valence-electron chi connectivity index (χ2n) is 3.82. The molecule has 0 N–H and O–H groups in total. The van der Waals surface area contributed by atoms with E-state index in [4.69, 9.17) is 32.7 Å². The van der Waals surface area contributed by atoms with Crippen molar-refractivity contribution in [3.8, 4) is 22.9 Å². The molecule has 19 heavy (non-hydrogen) atoms. The third-order valence-corrected chi connectivity index (χ3v) is 3.49. The van der Waals surface area contributed by atoms with Crippen molar-refractivity contribution in [1.29, 1.82) is 0 Å². The van der Waals surface area contributed by atoms with E-state index in [0.29, 0.717) is 40.8 Å². The van der Waals surface area contributed by atoms with Crippen molar-refractivity contribution in [3.63, 3.8) is 0 Å². The number of rotatable bonds is 1. The Labute approximate surface area is 127 Å². The zero-order valence-corrected chi connectivity index (χ0v) is 12.6. The van der Waals surface area contributed by atoms with E-state index in [2.05, 4.69) is 25.9 Å². The van der Waals surface area contributed by atoms with Crippen molar-refractivity contribution in [2.75, 3.05) is 13.2 Å². The largest absolute Gasteiger partial charge is 0.486 e. The Morgan fingerprint density at radius 3 is 2.42 bits per heavy atom. The monoisotopic (exact) mass is 360 g/mol. The highest BCUT2D eigenvalue weighted by Gasteiger charge is 2.18. The molecule has 3 rings (SSSR count). The van der Waals surface area contributed by atoms with Gasteiger partial charge in [-0.15, -0.1) is 0 Å². The molecule has 1 aliphatic heterocycles. The van der Waals surface area contributed by atoms with Crippen LogP contribution in [0.25, 0.3) is 11.4 Å². The van der Waals surface area contributed by atoms with Crippen LogP contribution in [0.4, 0.5) is 0 Å². The Balaban J connectivity index is 2.12. The summed E-state index contributed by atoms with van der Waals surface area (Å²) >= 11 is 15.2. The molecule has 1 aromatic carbocycles. The lowest BCUT2D eigenvalue weighted by atomic mass is 10.2. The van der Waals surface area contributed by atoms with Gasteiger partial charge in [0.2, 0.25) is 0 Å². The summed E-state index contributed by atoms with van der Waals surface area (Å²) in [7, 11) is 0. The van der Waals surface area contributed by atoms with Gasteiger partial charge in [-0.05, 0) is 28.1 Å².